The molecule has 1 aliphatic carbocycles. The van der Waals surface area contributed by atoms with Crippen LogP contribution in [0.2, 0.25) is 0 Å². The second-order valence-electron chi connectivity index (χ2n) is 5.63. The molecule has 2 amide bonds. The topological polar surface area (TPSA) is 52.6 Å². The Kier molecular flexibility index (Phi) is 6.47. The summed E-state index contributed by atoms with van der Waals surface area (Å²) in [5, 5.41) is 12.3. The van der Waals surface area contributed by atoms with Gasteiger partial charge in [0.15, 0.2) is 0 Å². The molecule has 0 aromatic carbocycles. The summed E-state index contributed by atoms with van der Waals surface area (Å²) in [4.78, 5) is 13.6. The molecule has 1 unspecified atom stereocenters. The Morgan fingerprint density at radius 1 is 1.39 bits per heavy atom. The van der Waals surface area contributed by atoms with Gasteiger partial charge in [-0.2, -0.15) is 0 Å². The van der Waals surface area contributed by atoms with Crippen LogP contribution in [0.15, 0.2) is 0 Å². The first-order chi connectivity index (χ1) is 8.52. The van der Waals surface area contributed by atoms with Crippen molar-refractivity contribution in [3.8, 4) is 0 Å². The van der Waals surface area contributed by atoms with Crippen molar-refractivity contribution in [1.29, 1.82) is 0 Å². The van der Waals surface area contributed by atoms with Crippen LogP contribution in [-0.4, -0.2) is 41.8 Å². The fourth-order valence-corrected chi connectivity index (χ4v) is 2.48. The summed E-state index contributed by atoms with van der Waals surface area (Å²) >= 11 is 0. The monoisotopic (exact) mass is 256 g/mol. The molecule has 1 aliphatic rings. The fraction of sp³-hybridized carbons (Fsp3) is 0.929. The minimum absolute atomic E-state index is 0.00408. The summed E-state index contributed by atoms with van der Waals surface area (Å²) in [5.74, 6) is 0.853. The van der Waals surface area contributed by atoms with Crippen molar-refractivity contribution in [3.05, 3.63) is 0 Å². The molecule has 0 aromatic heterocycles. The average Bonchev–Trinajstić information content (AvgIpc) is 2.36. The van der Waals surface area contributed by atoms with Crippen LogP contribution in [0.1, 0.15) is 52.4 Å². The molecule has 0 radical (unpaired) electrons. The number of rotatable bonds is 5. The third-order valence-corrected chi connectivity index (χ3v) is 3.98. The van der Waals surface area contributed by atoms with E-state index in [1.807, 2.05) is 0 Å². The average molecular weight is 256 g/mol. The van der Waals surface area contributed by atoms with Crippen molar-refractivity contribution in [1.82, 2.24) is 10.2 Å². The number of aliphatic hydroxyl groups is 1. The lowest BCUT2D eigenvalue weighted by Crippen LogP contribution is -2.45. The molecule has 0 heterocycles. The summed E-state index contributed by atoms with van der Waals surface area (Å²) < 4.78 is 0. The van der Waals surface area contributed by atoms with E-state index in [4.69, 9.17) is 0 Å². The third-order valence-electron chi connectivity index (χ3n) is 3.98. The molecule has 2 N–H and O–H groups in total. The minimum Gasteiger partial charge on any atom is -0.393 e. The molecule has 1 atom stereocenters. The maximum Gasteiger partial charge on any atom is 0.317 e. The van der Waals surface area contributed by atoms with Crippen molar-refractivity contribution < 1.29 is 9.90 Å². The van der Waals surface area contributed by atoms with E-state index in [-0.39, 0.29) is 12.1 Å². The zero-order valence-corrected chi connectivity index (χ0v) is 12.0. The van der Waals surface area contributed by atoms with Crippen LogP contribution < -0.4 is 5.32 Å². The number of hydrogen-bond acceptors (Lipinski definition) is 2. The highest BCUT2D eigenvalue weighted by molar-refractivity contribution is 5.74. The molecule has 0 aromatic rings. The van der Waals surface area contributed by atoms with E-state index in [0.717, 1.165) is 18.8 Å². The Labute approximate surface area is 111 Å². The van der Waals surface area contributed by atoms with Gasteiger partial charge in [-0.05, 0) is 44.9 Å². The van der Waals surface area contributed by atoms with Crippen molar-refractivity contribution in [2.75, 3.05) is 13.6 Å². The molecule has 0 aliphatic heterocycles. The molecular weight excluding hydrogens is 228 g/mol. The third kappa shape index (κ3) is 5.25. The maximum absolute atomic E-state index is 11.9. The molecule has 1 saturated carbocycles. The highest BCUT2D eigenvalue weighted by atomic mass is 16.3. The van der Waals surface area contributed by atoms with Gasteiger partial charge < -0.3 is 15.3 Å². The number of urea groups is 1. The Bertz CT molecular complexity index is 248. The van der Waals surface area contributed by atoms with Crippen LogP contribution in [0.4, 0.5) is 4.79 Å². The number of amides is 2. The SMILES string of the molecule is CCC1CCC(NC(=O)N(C)CCC(C)O)CC1. The summed E-state index contributed by atoms with van der Waals surface area (Å²) in [6.45, 7) is 4.60. The number of carbonyl (C=O) groups is 1. The van der Waals surface area contributed by atoms with Gasteiger partial charge in [0, 0.05) is 19.6 Å². The molecule has 4 nitrogen and oxygen atoms in total. The fourth-order valence-electron chi connectivity index (χ4n) is 2.48. The highest BCUT2D eigenvalue weighted by Crippen LogP contribution is 2.26. The first kappa shape index (κ1) is 15.3. The summed E-state index contributed by atoms with van der Waals surface area (Å²) in [6.07, 6.45) is 6.22. The summed E-state index contributed by atoms with van der Waals surface area (Å²) in [6, 6.07) is 0.338. The number of aliphatic hydroxyl groups excluding tert-OH is 1. The molecule has 4 heteroatoms. The lowest BCUT2D eigenvalue weighted by atomic mass is 9.84. The number of hydrogen-bond donors (Lipinski definition) is 2. The Morgan fingerprint density at radius 2 is 2.00 bits per heavy atom. The largest absolute Gasteiger partial charge is 0.393 e. The molecule has 106 valence electrons. The number of nitrogens with zero attached hydrogens (tertiary/aromatic N) is 1. The summed E-state index contributed by atoms with van der Waals surface area (Å²) in [7, 11) is 1.79. The van der Waals surface area contributed by atoms with Crippen LogP contribution in [0.25, 0.3) is 0 Å². The lowest BCUT2D eigenvalue weighted by Gasteiger charge is -2.30. The van der Waals surface area contributed by atoms with Gasteiger partial charge >= 0.3 is 6.03 Å². The van der Waals surface area contributed by atoms with Gasteiger partial charge in [-0.25, -0.2) is 4.79 Å². The van der Waals surface area contributed by atoms with Crippen LogP contribution in [0, 0.1) is 5.92 Å². The van der Waals surface area contributed by atoms with E-state index in [1.165, 1.54) is 19.3 Å². The molecule has 0 bridgehead atoms. The first-order valence-electron chi connectivity index (χ1n) is 7.22. The molecular formula is C14H28N2O2. The van der Waals surface area contributed by atoms with E-state index in [0.29, 0.717) is 19.0 Å². The molecule has 18 heavy (non-hydrogen) atoms. The zero-order valence-electron chi connectivity index (χ0n) is 12.0. The second kappa shape index (κ2) is 7.62. The highest BCUT2D eigenvalue weighted by Gasteiger charge is 2.22. The predicted molar refractivity (Wildman–Crippen MR) is 73.5 cm³/mol. The van der Waals surface area contributed by atoms with Gasteiger partial charge in [-0.3, -0.25) is 0 Å². The maximum atomic E-state index is 11.9. The molecule has 1 rings (SSSR count). The van der Waals surface area contributed by atoms with Crippen LogP contribution in [0.5, 0.6) is 0 Å². The van der Waals surface area contributed by atoms with Gasteiger partial charge in [0.05, 0.1) is 6.10 Å². The van der Waals surface area contributed by atoms with Gasteiger partial charge in [0.2, 0.25) is 0 Å². The Hall–Kier alpha value is -0.770. The molecule has 1 fully saturated rings. The standard InChI is InChI=1S/C14H28N2O2/c1-4-12-5-7-13(8-6-12)15-14(18)16(3)10-9-11(2)17/h11-13,17H,4-10H2,1-3H3,(H,15,18). The van der Waals surface area contributed by atoms with Gasteiger partial charge in [-0.1, -0.05) is 13.3 Å². The van der Waals surface area contributed by atoms with Crippen LogP contribution in [0.3, 0.4) is 0 Å². The molecule has 0 spiro atoms. The van der Waals surface area contributed by atoms with E-state index in [2.05, 4.69) is 12.2 Å². The number of nitrogens with one attached hydrogen (secondary N) is 1. The van der Waals surface area contributed by atoms with E-state index < -0.39 is 0 Å². The van der Waals surface area contributed by atoms with E-state index in [9.17, 15) is 9.90 Å². The quantitative estimate of drug-likeness (QED) is 0.793. The lowest BCUT2D eigenvalue weighted by molar-refractivity contribution is 0.160. The van der Waals surface area contributed by atoms with E-state index >= 15 is 0 Å². The smallest absolute Gasteiger partial charge is 0.317 e. The summed E-state index contributed by atoms with van der Waals surface area (Å²) in [5.41, 5.74) is 0. The molecule has 0 saturated heterocycles. The van der Waals surface area contributed by atoms with Crippen molar-refractivity contribution in [2.24, 2.45) is 5.92 Å². The second-order valence-corrected chi connectivity index (χ2v) is 5.63. The van der Waals surface area contributed by atoms with Crippen molar-refractivity contribution in [2.45, 2.75) is 64.5 Å². The van der Waals surface area contributed by atoms with Gasteiger partial charge in [0.1, 0.15) is 0 Å². The van der Waals surface area contributed by atoms with Crippen molar-refractivity contribution >= 4 is 6.03 Å². The van der Waals surface area contributed by atoms with Crippen molar-refractivity contribution in [3.63, 3.8) is 0 Å². The Morgan fingerprint density at radius 3 is 2.50 bits per heavy atom. The Balaban J connectivity index is 2.23. The van der Waals surface area contributed by atoms with Gasteiger partial charge in [-0.15, -0.1) is 0 Å². The van der Waals surface area contributed by atoms with Gasteiger partial charge in [0.25, 0.3) is 0 Å². The normalized spacial score (nSPS) is 25.6. The first-order valence-corrected chi connectivity index (χ1v) is 7.22. The van der Waals surface area contributed by atoms with E-state index in [1.54, 1.807) is 18.9 Å². The minimum atomic E-state index is -0.347. The van der Waals surface area contributed by atoms with Crippen LogP contribution in [-0.2, 0) is 0 Å². The number of carbonyl (C=O) groups excluding carboxylic acids is 1. The predicted octanol–water partition coefficient (Wildman–Crippen LogP) is 2.37. The van der Waals surface area contributed by atoms with Crippen LogP contribution >= 0.6 is 0 Å². The zero-order chi connectivity index (χ0) is 13.5.